The molecule has 1 unspecified atom stereocenters. The van der Waals surface area contributed by atoms with Gasteiger partial charge >= 0.3 is 0 Å². The Morgan fingerprint density at radius 2 is 1.92 bits per heavy atom. The molecule has 0 fully saturated rings. The third kappa shape index (κ3) is 5.65. The van der Waals surface area contributed by atoms with E-state index in [2.05, 4.69) is 5.32 Å². The number of thioether (sulfide) groups is 1. The molecule has 0 saturated heterocycles. The standard InChI is InChI=1S/C18H17ClFNO2S/c1-12(22)17(9-13-5-3-2-4-6-13)21-18(23)11-24-14-7-8-16(20)15(19)10-14/h2-8,10,17H,9,11H2,1H3,(H,21,23). The van der Waals surface area contributed by atoms with Crippen LogP contribution in [-0.4, -0.2) is 23.5 Å². The number of halogens is 2. The SMILES string of the molecule is CC(=O)C(Cc1ccccc1)NC(=O)CSc1ccc(F)c(Cl)c1. The molecule has 0 saturated carbocycles. The van der Waals surface area contributed by atoms with Gasteiger partial charge in [0.1, 0.15) is 5.82 Å². The topological polar surface area (TPSA) is 46.2 Å². The highest BCUT2D eigenvalue weighted by molar-refractivity contribution is 8.00. The molecule has 126 valence electrons. The Bertz CT molecular complexity index is 724. The summed E-state index contributed by atoms with van der Waals surface area (Å²) in [5.41, 5.74) is 0.982. The molecular formula is C18H17ClFNO2S. The van der Waals surface area contributed by atoms with Crippen molar-refractivity contribution in [2.24, 2.45) is 0 Å². The van der Waals surface area contributed by atoms with Gasteiger partial charge in [-0.3, -0.25) is 9.59 Å². The highest BCUT2D eigenvalue weighted by Gasteiger charge is 2.17. The Morgan fingerprint density at radius 3 is 2.54 bits per heavy atom. The molecule has 0 spiro atoms. The predicted octanol–water partition coefficient (Wildman–Crippen LogP) is 3.89. The average Bonchev–Trinajstić information content (AvgIpc) is 2.56. The zero-order valence-electron chi connectivity index (χ0n) is 13.1. The molecule has 0 aromatic heterocycles. The molecule has 6 heteroatoms. The van der Waals surface area contributed by atoms with Gasteiger partial charge in [-0.05, 0) is 37.1 Å². The highest BCUT2D eigenvalue weighted by Crippen LogP contribution is 2.23. The molecule has 0 aliphatic heterocycles. The second-order valence-electron chi connectivity index (χ2n) is 5.29. The van der Waals surface area contributed by atoms with E-state index in [1.54, 1.807) is 6.07 Å². The third-order valence-electron chi connectivity index (χ3n) is 3.37. The molecule has 24 heavy (non-hydrogen) atoms. The van der Waals surface area contributed by atoms with Crippen molar-refractivity contribution < 1.29 is 14.0 Å². The first-order valence-electron chi connectivity index (χ1n) is 7.37. The Morgan fingerprint density at radius 1 is 1.21 bits per heavy atom. The number of carbonyl (C=O) groups excluding carboxylic acids is 2. The number of Topliss-reactive ketones (excluding diaryl/α,β-unsaturated/α-hetero) is 1. The van der Waals surface area contributed by atoms with Gasteiger partial charge in [0, 0.05) is 4.90 Å². The molecule has 0 radical (unpaired) electrons. The number of ketones is 1. The quantitative estimate of drug-likeness (QED) is 0.757. The van der Waals surface area contributed by atoms with Crippen LogP contribution in [0.3, 0.4) is 0 Å². The molecule has 2 aromatic rings. The first-order valence-corrected chi connectivity index (χ1v) is 8.73. The fourth-order valence-electron chi connectivity index (χ4n) is 2.10. The number of hydrogen-bond donors (Lipinski definition) is 1. The van der Waals surface area contributed by atoms with Gasteiger partial charge in [0.05, 0.1) is 16.8 Å². The van der Waals surface area contributed by atoms with Crippen molar-refractivity contribution in [3.8, 4) is 0 Å². The summed E-state index contributed by atoms with van der Waals surface area (Å²) >= 11 is 6.95. The molecule has 0 aliphatic carbocycles. The zero-order chi connectivity index (χ0) is 17.5. The Balaban J connectivity index is 1.90. The largest absolute Gasteiger partial charge is 0.345 e. The zero-order valence-corrected chi connectivity index (χ0v) is 14.7. The average molecular weight is 366 g/mol. The van der Waals surface area contributed by atoms with Crippen LogP contribution in [-0.2, 0) is 16.0 Å². The predicted molar refractivity (Wildman–Crippen MR) is 94.9 cm³/mol. The third-order valence-corrected chi connectivity index (χ3v) is 4.65. The number of benzene rings is 2. The second kappa shape index (κ2) is 8.85. The lowest BCUT2D eigenvalue weighted by Gasteiger charge is -2.16. The van der Waals surface area contributed by atoms with Crippen molar-refractivity contribution in [2.75, 3.05) is 5.75 Å². The second-order valence-corrected chi connectivity index (χ2v) is 6.74. The van der Waals surface area contributed by atoms with Gasteiger partial charge in [-0.15, -0.1) is 11.8 Å². The van der Waals surface area contributed by atoms with Gasteiger partial charge in [0.2, 0.25) is 5.91 Å². The van der Waals surface area contributed by atoms with E-state index in [4.69, 9.17) is 11.6 Å². The van der Waals surface area contributed by atoms with Crippen molar-refractivity contribution in [1.29, 1.82) is 0 Å². The van der Waals surface area contributed by atoms with E-state index in [0.29, 0.717) is 11.3 Å². The summed E-state index contributed by atoms with van der Waals surface area (Å²) in [4.78, 5) is 24.5. The minimum absolute atomic E-state index is 0.0195. The van der Waals surface area contributed by atoms with Gasteiger partial charge in [-0.1, -0.05) is 41.9 Å². The molecule has 0 heterocycles. The van der Waals surface area contributed by atoms with Crippen molar-refractivity contribution >= 4 is 35.1 Å². The lowest BCUT2D eigenvalue weighted by atomic mass is 10.0. The van der Waals surface area contributed by atoms with Crippen LogP contribution in [0.4, 0.5) is 4.39 Å². The number of rotatable bonds is 7. The number of carbonyl (C=O) groups is 2. The van der Waals surface area contributed by atoms with Crippen molar-refractivity contribution in [2.45, 2.75) is 24.3 Å². The number of amides is 1. The molecule has 0 aliphatic rings. The summed E-state index contributed by atoms with van der Waals surface area (Å²) < 4.78 is 13.1. The first kappa shape index (κ1) is 18.5. The monoisotopic (exact) mass is 365 g/mol. The normalized spacial score (nSPS) is 11.8. The summed E-state index contributed by atoms with van der Waals surface area (Å²) in [6.07, 6.45) is 0.453. The van der Waals surface area contributed by atoms with Crippen molar-refractivity contribution in [3.05, 3.63) is 64.9 Å². The summed E-state index contributed by atoms with van der Waals surface area (Å²) in [6.45, 7) is 1.46. The van der Waals surface area contributed by atoms with E-state index in [1.165, 1.54) is 30.8 Å². The van der Waals surface area contributed by atoms with Crippen LogP contribution in [0, 0.1) is 5.82 Å². The van der Waals surface area contributed by atoms with E-state index in [-0.39, 0.29) is 22.5 Å². The van der Waals surface area contributed by atoms with Crippen LogP contribution in [0.2, 0.25) is 5.02 Å². The van der Waals surface area contributed by atoms with Gasteiger partial charge in [-0.2, -0.15) is 0 Å². The minimum atomic E-state index is -0.558. The van der Waals surface area contributed by atoms with Crippen LogP contribution in [0.5, 0.6) is 0 Å². The molecule has 0 bridgehead atoms. The maximum Gasteiger partial charge on any atom is 0.230 e. The van der Waals surface area contributed by atoms with E-state index < -0.39 is 11.9 Å². The maximum absolute atomic E-state index is 13.1. The Labute approximate surface area is 149 Å². The van der Waals surface area contributed by atoms with Crippen LogP contribution in [0.25, 0.3) is 0 Å². The van der Waals surface area contributed by atoms with Gasteiger partial charge in [0.25, 0.3) is 0 Å². The summed E-state index contributed by atoms with van der Waals surface area (Å²) in [5.74, 6) is -0.718. The molecule has 2 aromatic carbocycles. The Kier molecular flexibility index (Phi) is 6.82. The van der Waals surface area contributed by atoms with Crippen LogP contribution >= 0.6 is 23.4 Å². The minimum Gasteiger partial charge on any atom is -0.345 e. The lowest BCUT2D eigenvalue weighted by Crippen LogP contribution is -2.42. The molecule has 3 nitrogen and oxygen atoms in total. The maximum atomic E-state index is 13.1. The van der Waals surface area contributed by atoms with E-state index in [1.807, 2.05) is 30.3 Å². The molecule has 1 N–H and O–H groups in total. The van der Waals surface area contributed by atoms with Gasteiger partial charge < -0.3 is 5.32 Å². The van der Waals surface area contributed by atoms with Gasteiger partial charge in [-0.25, -0.2) is 4.39 Å². The van der Waals surface area contributed by atoms with E-state index in [0.717, 1.165) is 5.56 Å². The highest BCUT2D eigenvalue weighted by atomic mass is 35.5. The summed E-state index contributed by atoms with van der Waals surface area (Å²) in [7, 11) is 0. The Hall–Kier alpha value is -1.85. The number of nitrogens with one attached hydrogen (secondary N) is 1. The fraction of sp³-hybridized carbons (Fsp3) is 0.222. The van der Waals surface area contributed by atoms with Crippen molar-refractivity contribution in [1.82, 2.24) is 5.32 Å². The van der Waals surface area contributed by atoms with Gasteiger partial charge in [0.15, 0.2) is 5.78 Å². The van der Waals surface area contributed by atoms with Crippen LogP contribution in [0.1, 0.15) is 12.5 Å². The first-order chi connectivity index (χ1) is 11.5. The molecule has 2 rings (SSSR count). The fourth-order valence-corrected chi connectivity index (χ4v) is 3.09. The van der Waals surface area contributed by atoms with Crippen LogP contribution in [0.15, 0.2) is 53.4 Å². The van der Waals surface area contributed by atoms with E-state index in [9.17, 15) is 14.0 Å². The lowest BCUT2D eigenvalue weighted by molar-refractivity contribution is -0.125. The molecule has 1 amide bonds. The molecule has 1 atom stereocenters. The smallest absolute Gasteiger partial charge is 0.230 e. The number of hydrogen-bond acceptors (Lipinski definition) is 3. The summed E-state index contributed by atoms with van der Waals surface area (Å²) in [5, 5.41) is 2.76. The van der Waals surface area contributed by atoms with Crippen molar-refractivity contribution in [3.63, 3.8) is 0 Å². The molecular weight excluding hydrogens is 349 g/mol. The summed E-state index contributed by atoms with van der Waals surface area (Å²) in [6, 6.07) is 13.2. The van der Waals surface area contributed by atoms with Crippen LogP contribution < -0.4 is 5.32 Å². The van der Waals surface area contributed by atoms with E-state index >= 15 is 0 Å².